The maximum atomic E-state index is 5.56. The Balaban J connectivity index is 1.92. The predicted octanol–water partition coefficient (Wildman–Crippen LogP) is 2.51. The largest absolute Gasteiger partial charge is 0.379 e. The highest BCUT2D eigenvalue weighted by molar-refractivity contribution is 4.87. The zero-order valence-corrected chi connectivity index (χ0v) is 13.0. The van der Waals surface area contributed by atoms with Crippen molar-refractivity contribution in [1.82, 2.24) is 10.2 Å². The van der Waals surface area contributed by atoms with E-state index in [1.54, 1.807) is 0 Å². The van der Waals surface area contributed by atoms with Crippen LogP contribution < -0.4 is 5.32 Å². The second-order valence-corrected chi connectivity index (χ2v) is 6.43. The molecule has 1 heterocycles. The van der Waals surface area contributed by atoms with Crippen molar-refractivity contribution in [3.05, 3.63) is 0 Å². The van der Waals surface area contributed by atoms with Gasteiger partial charge in [-0.05, 0) is 44.6 Å². The molecule has 0 aromatic carbocycles. The molecule has 4 unspecified atom stereocenters. The molecule has 1 saturated carbocycles. The van der Waals surface area contributed by atoms with E-state index in [0.29, 0.717) is 6.04 Å². The fourth-order valence-corrected chi connectivity index (χ4v) is 3.80. The van der Waals surface area contributed by atoms with E-state index in [4.69, 9.17) is 4.74 Å². The summed E-state index contributed by atoms with van der Waals surface area (Å²) < 4.78 is 5.56. The minimum absolute atomic E-state index is 0.595. The number of nitrogens with one attached hydrogen (secondary N) is 1. The van der Waals surface area contributed by atoms with Crippen LogP contribution in [0.5, 0.6) is 0 Å². The second kappa shape index (κ2) is 7.61. The predicted molar refractivity (Wildman–Crippen MR) is 80.4 cm³/mol. The number of hydrogen-bond acceptors (Lipinski definition) is 3. The fourth-order valence-electron chi connectivity index (χ4n) is 3.80. The lowest BCUT2D eigenvalue weighted by Gasteiger charge is -2.42. The van der Waals surface area contributed by atoms with Crippen molar-refractivity contribution in [3.63, 3.8) is 0 Å². The Morgan fingerprint density at radius 2 is 2.11 bits per heavy atom. The van der Waals surface area contributed by atoms with Crippen LogP contribution in [0, 0.1) is 11.8 Å². The van der Waals surface area contributed by atoms with Crippen LogP contribution >= 0.6 is 0 Å². The average molecular weight is 268 g/mol. The quantitative estimate of drug-likeness (QED) is 0.829. The molecule has 2 rings (SSSR count). The summed E-state index contributed by atoms with van der Waals surface area (Å²) in [6.45, 7) is 12.2. The van der Waals surface area contributed by atoms with Gasteiger partial charge < -0.3 is 10.1 Å². The van der Waals surface area contributed by atoms with E-state index in [-0.39, 0.29) is 0 Å². The topological polar surface area (TPSA) is 24.5 Å². The first-order chi connectivity index (χ1) is 9.24. The van der Waals surface area contributed by atoms with Crippen LogP contribution in [0.15, 0.2) is 0 Å². The van der Waals surface area contributed by atoms with Gasteiger partial charge in [0.1, 0.15) is 0 Å². The molecule has 112 valence electrons. The highest BCUT2D eigenvalue weighted by Crippen LogP contribution is 2.32. The lowest BCUT2D eigenvalue weighted by molar-refractivity contribution is -0.0147. The van der Waals surface area contributed by atoms with E-state index in [0.717, 1.165) is 44.2 Å². The molecule has 3 nitrogen and oxygen atoms in total. The summed E-state index contributed by atoms with van der Waals surface area (Å²) in [5.74, 6) is 1.79. The maximum Gasteiger partial charge on any atom is 0.0619 e. The van der Waals surface area contributed by atoms with E-state index >= 15 is 0 Å². The van der Waals surface area contributed by atoms with Gasteiger partial charge in [-0.1, -0.05) is 20.3 Å². The third-order valence-corrected chi connectivity index (χ3v) is 5.11. The Morgan fingerprint density at radius 1 is 1.26 bits per heavy atom. The lowest BCUT2D eigenvalue weighted by atomic mass is 9.76. The van der Waals surface area contributed by atoms with Gasteiger partial charge in [0.25, 0.3) is 0 Å². The minimum Gasteiger partial charge on any atom is -0.379 e. The number of morpholine rings is 1. The lowest BCUT2D eigenvalue weighted by Crippen LogP contribution is -2.51. The summed E-state index contributed by atoms with van der Waals surface area (Å²) in [5, 5.41) is 3.73. The van der Waals surface area contributed by atoms with Gasteiger partial charge >= 0.3 is 0 Å². The molecule has 0 radical (unpaired) electrons. The zero-order chi connectivity index (χ0) is 13.7. The van der Waals surface area contributed by atoms with Crippen LogP contribution in [0.4, 0.5) is 0 Å². The van der Waals surface area contributed by atoms with E-state index in [1.807, 2.05) is 0 Å². The molecule has 3 heteroatoms. The molecule has 19 heavy (non-hydrogen) atoms. The summed E-state index contributed by atoms with van der Waals surface area (Å²) in [7, 11) is 0. The third-order valence-electron chi connectivity index (χ3n) is 5.11. The molecule has 1 aliphatic heterocycles. The summed E-state index contributed by atoms with van der Waals surface area (Å²) in [5.41, 5.74) is 0. The standard InChI is InChI=1S/C16H32N2O/c1-4-14-6-7-16(17-5-2)15(10-14)11-18-8-9-19-12-13(18)3/h13-17H,4-12H2,1-3H3. The van der Waals surface area contributed by atoms with E-state index in [9.17, 15) is 0 Å². The van der Waals surface area contributed by atoms with Gasteiger partial charge in [-0.15, -0.1) is 0 Å². The molecular weight excluding hydrogens is 236 g/mol. The first-order valence-electron chi connectivity index (χ1n) is 8.29. The SMILES string of the molecule is CCNC1CCC(CC)CC1CN1CCOCC1C. The molecular formula is C16H32N2O. The third kappa shape index (κ3) is 4.17. The van der Waals surface area contributed by atoms with Gasteiger partial charge in [-0.25, -0.2) is 0 Å². The first kappa shape index (κ1) is 15.3. The number of ether oxygens (including phenoxy) is 1. The van der Waals surface area contributed by atoms with E-state index < -0.39 is 0 Å². The van der Waals surface area contributed by atoms with Crippen molar-refractivity contribution in [2.45, 2.75) is 58.5 Å². The molecule has 0 aromatic heterocycles. The normalized spacial score (nSPS) is 37.4. The summed E-state index contributed by atoms with van der Waals surface area (Å²) in [6.07, 6.45) is 5.56. The summed E-state index contributed by atoms with van der Waals surface area (Å²) in [4.78, 5) is 2.65. The smallest absolute Gasteiger partial charge is 0.0619 e. The zero-order valence-electron chi connectivity index (χ0n) is 13.0. The Labute approximate surface area is 119 Å². The summed E-state index contributed by atoms with van der Waals surface area (Å²) >= 11 is 0. The molecule has 1 aliphatic carbocycles. The van der Waals surface area contributed by atoms with Crippen molar-refractivity contribution < 1.29 is 4.74 Å². The fraction of sp³-hybridized carbons (Fsp3) is 1.00. The van der Waals surface area contributed by atoms with Gasteiger partial charge in [0.2, 0.25) is 0 Å². The average Bonchev–Trinajstić information content (AvgIpc) is 2.43. The molecule has 0 bridgehead atoms. The Kier molecular flexibility index (Phi) is 6.11. The van der Waals surface area contributed by atoms with Crippen molar-refractivity contribution in [2.24, 2.45) is 11.8 Å². The molecule has 4 atom stereocenters. The van der Waals surface area contributed by atoms with Crippen LogP contribution in [0.1, 0.15) is 46.5 Å². The van der Waals surface area contributed by atoms with Crippen molar-refractivity contribution in [2.75, 3.05) is 32.8 Å². The van der Waals surface area contributed by atoms with Gasteiger partial charge in [-0.2, -0.15) is 0 Å². The molecule has 0 spiro atoms. The molecule has 2 aliphatic rings. The van der Waals surface area contributed by atoms with Gasteiger partial charge in [-0.3, -0.25) is 4.90 Å². The molecule has 1 saturated heterocycles. The van der Waals surface area contributed by atoms with E-state index in [1.165, 1.54) is 32.2 Å². The Hall–Kier alpha value is -0.120. The molecule has 0 aromatic rings. The van der Waals surface area contributed by atoms with Gasteiger partial charge in [0.05, 0.1) is 13.2 Å². The summed E-state index contributed by atoms with van der Waals surface area (Å²) in [6, 6.07) is 1.33. The van der Waals surface area contributed by atoms with Crippen molar-refractivity contribution in [3.8, 4) is 0 Å². The number of nitrogens with zero attached hydrogens (tertiary/aromatic N) is 1. The van der Waals surface area contributed by atoms with Crippen LogP contribution in [-0.2, 0) is 4.74 Å². The highest BCUT2D eigenvalue weighted by Gasteiger charge is 2.32. The first-order valence-corrected chi connectivity index (χ1v) is 8.29. The Bertz CT molecular complexity index is 259. The number of hydrogen-bond donors (Lipinski definition) is 1. The minimum atomic E-state index is 0.595. The molecule has 0 amide bonds. The van der Waals surface area contributed by atoms with Crippen LogP contribution in [0.2, 0.25) is 0 Å². The number of rotatable bonds is 5. The van der Waals surface area contributed by atoms with Gasteiger partial charge in [0, 0.05) is 25.2 Å². The molecule has 2 fully saturated rings. The highest BCUT2D eigenvalue weighted by atomic mass is 16.5. The van der Waals surface area contributed by atoms with Crippen LogP contribution in [-0.4, -0.2) is 49.8 Å². The second-order valence-electron chi connectivity index (χ2n) is 6.43. The van der Waals surface area contributed by atoms with Crippen LogP contribution in [0.25, 0.3) is 0 Å². The van der Waals surface area contributed by atoms with Crippen molar-refractivity contribution >= 4 is 0 Å². The van der Waals surface area contributed by atoms with Crippen LogP contribution in [0.3, 0.4) is 0 Å². The molecule has 1 N–H and O–H groups in total. The van der Waals surface area contributed by atoms with Gasteiger partial charge in [0.15, 0.2) is 0 Å². The van der Waals surface area contributed by atoms with E-state index in [2.05, 4.69) is 31.0 Å². The monoisotopic (exact) mass is 268 g/mol. The van der Waals surface area contributed by atoms with Crippen molar-refractivity contribution in [1.29, 1.82) is 0 Å². The Morgan fingerprint density at radius 3 is 2.79 bits per heavy atom. The maximum absolute atomic E-state index is 5.56.